The largest absolute Gasteiger partial charge is 0.471 e. The fourth-order valence-electron chi connectivity index (χ4n) is 1.88. The number of alkyl halides is 3. The topological polar surface area (TPSA) is 20.3 Å². The summed E-state index contributed by atoms with van der Waals surface area (Å²) < 4.78 is 36.8. The summed E-state index contributed by atoms with van der Waals surface area (Å²) in [7, 11) is 0. The third-order valence-corrected chi connectivity index (χ3v) is 2.95. The van der Waals surface area contributed by atoms with Gasteiger partial charge >= 0.3 is 12.1 Å². The molecule has 0 N–H and O–H groups in total. The molecule has 6 heteroatoms. The van der Waals surface area contributed by atoms with Crippen molar-refractivity contribution < 1.29 is 18.0 Å². The molecular formula is C11H9ClF3NO. The Kier molecular flexibility index (Phi) is 3.03. The van der Waals surface area contributed by atoms with Gasteiger partial charge in [0.05, 0.1) is 0 Å². The third-order valence-electron chi connectivity index (χ3n) is 2.71. The molecule has 0 radical (unpaired) electrons. The van der Waals surface area contributed by atoms with Gasteiger partial charge in [-0.15, -0.1) is 0 Å². The lowest BCUT2D eigenvalue weighted by atomic mass is 10.00. The maximum atomic E-state index is 12.3. The second kappa shape index (κ2) is 4.22. The molecular weight excluding hydrogens is 255 g/mol. The minimum Gasteiger partial charge on any atom is -0.330 e. The quantitative estimate of drug-likeness (QED) is 0.705. The number of rotatable bonds is 0. The molecule has 2 nitrogen and oxygen atoms in total. The van der Waals surface area contributed by atoms with E-state index in [0.29, 0.717) is 17.0 Å². The minimum absolute atomic E-state index is 0.0335. The average Bonchev–Trinajstić information content (AvgIpc) is 2.25. The Labute approximate surface area is 101 Å². The van der Waals surface area contributed by atoms with E-state index >= 15 is 0 Å². The third kappa shape index (κ3) is 2.54. The van der Waals surface area contributed by atoms with Gasteiger partial charge in [0.15, 0.2) is 0 Å². The first-order chi connectivity index (χ1) is 7.88. The SMILES string of the molecule is O=C(N1CCc2ccc(Cl)cc2C1)C(F)(F)F. The molecule has 1 amide bonds. The highest BCUT2D eigenvalue weighted by Crippen LogP contribution is 2.26. The van der Waals surface area contributed by atoms with Crippen LogP contribution in [-0.2, 0) is 17.8 Å². The van der Waals surface area contributed by atoms with E-state index in [-0.39, 0.29) is 13.1 Å². The number of hydrogen-bond donors (Lipinski definition) is 0. The van der Waals surface area contributed by atoms with Crippen molar-refractivity contribution in [1.29, 1.82) is 0 Å². The molecule has 0 saturated heterocycles. The van der Waals surface area contributed by atoms with Crippen LogP contribution in [0.15, 0.2) is 18.2 Å². The summed E-state index contributed by atoms with van der Waals surface area (Å²) in [6, 6.07) is 5.08. The summed E-state index contributed by atoms with van der Waals surface area (Å²) in [6.07, 6.45) is -4.38. The summed E-state index contributed by atoms with van der Waals surface area (Å²) >= 11 is 5.77. The number of carbonyl (C=O) groups excluding carboxylic acids is 1. The lowest BCUT2D eigenvalue weighted by Gasteiger charge is -2.29. The number of carbonyl (C=O) groups is 1. The van der Waals surface area contributed by atoms with Crippen LogP contribution < -0.4 is 0 Å². The molecule has 0 fully saturated rings. The fourth-order valence-corrected chi connectivity index (χ4v) is 2.07. The van der Waals surface area contributed by atoms with Crippen LogP contribution in [0.25, 0.3) is 0 Å². The van der Waals surface area contributed by atoms with Gasteiger partial charge in [0.25, 0.3) is 0 Å². The molecule has 1 aliphatic heterocycles. The minimum atomic E-state index is -4.81. The summed E-state index contributed by atoms with van der Waals surface area (Å²) in [5.41, 5.74) is 1.63. The van der Waals surface area contributed by atoms with Crippen molar-refractivity contribution in [3.63, 3.8) is 0 Å². The smallest absolute Gasteiger partial charge is 0.330 e. The van der Waals surface area contributed by atoms with Crippen molar-refractivity contribution in [3.8, 4) is 0 Å². The van der Waals surface area contributed by atoms with Gasteiger partial charge in [-0.3, -0.25) is 4.79 Å². The van der Waals surface area contributed by atoms with Crippen molar-refractivity contribution in [2.24, 2.45) is 0 Å². The predicted octanol–water partition coefficient (Wildman–Crippen LogP) is 2.79. The first kappa shape index (κ1) is 12.2. The molecule has 1 aromatic rings. The molecule has 0 unspecified atom stereocenters. The molecule has 0 aromatic heterocycles. The Morgan fingerprint density at radius 2 is 2.00 bits per heavy atom. The Morgan fingerprint density at radius 1 is 1.29 bits per heavy atom. The van der Waals surface area contributed by atoms with Gasteiger partial charge in [0.2, 0.25) is 0 Å². The van der Waals surface area contributed by atoms with Crippen molar-refractivity contribution in [2.75, 3.05) is 6.54 Å². The molecule has 1 aromatic carbocycles. The van der Waals surface area contributed by atoms with Gasteiger partial charge in [-0.2, -0.15) is 13.2 Å². The van der Waals surface area contributed by atoms with Crippen LogP contribution in [0.3, 0.4) is 0 Å². The molecule has 0 bridgehead atoms. The van der Waals surface area contributed by atoms with E-state index in [0.717, 1.165) is 10.5 Å². The highest BCUT2D eigenvalue weighted by atomic mass is 35.5. The summed E-state index contributed by atoms with van der Waals surface area (Å²) in [5.74, 6) is -1.79. The monoisotopic (exact) mass is 263 g/mol. The van der Waals surface area contributed by atoms with Gasteiger partial charge in [0.1, 0.15) is 0 Å². The first-order valence-electron chi connectivity index (χ1n) is 5.01. The number of halogens is 4. The van der Waals surface area contributed by atoms with Gasteiger partial charge in [-0.05, 0) is 29.7 Å². The maximum absolute atomic E-state index is 12.3. The summed E-state index contributed by atoms with van der Waals surface area (Å²) in [6.45, 7) is 0.0568. The van der Waals surface area contributed by atoms with Crippen molar-refractivity contribution in [3.05, 3.63) is 34.3 Å². The molecule has 0 atom stereocenters. The van der Waals surface area contributed by atoms with Crippen LogP contribution in [0.1, 0.15) is 11.1 Å². The Bertz CT molecular complexity index is 459. The highest BCUT2D eigenvalue weighted by molar-refractivity contribution is 6.30. The Balaban J connectivity index is 2.21. The van der Waals surface area contributed by atoms with E-state index in [1.165, 1.54) is 0 Å². The van der Waals surface area contributed by atoms with Gasteiger partial charge in [-0.1, -0.05) is 17.7 Å². The van der Waals surface area contributed by atoms with E-state index in [2.05, 4.69) is 0 Å². The predicted molar refractivity (Wildman–Crippen MR) is 56.6 cm³/mol. The van der Waals surface area contributed by atoms with Crippen molar-refractivity contribution >= 4 is 17.5 Å². The molecule has 0 spiro atoms. The molecule has 1 aliphatic rings. The van der Waals surface area contributed by atoms with Gasteiger partial charge in [-0.25, -0.2) is 0 Å². The number of fused-ring (bicyclic) bond motifs is 1. The number of hydrogen-bond acceptors (Lipinski definition) is 1. The fraction of sp³-hybridized carbons (Fsp3) is 0.364. The first-order valence-corrected chi connectivity index (χ1v) is 5.39. The summed E-state index contributed by atoms with van der Waals surface area (Å²) in [4.78, 5) is 11.9. The summed E-state index contributed by atoms with van der Waals surface area (Å²) in [5, 5.41) is 0.463. The lowest BCUT2D eigenvalue weighted by Crippen LogP contribution is -2.43. The van der Waals surface area contributed by atoms with E-state index in [1.54, 1.807) is 18.2 Å². The zero-order valence-corrected chi connectivity index (χ0v) is 9.48. The molecule has 0 saturated carbocycles. The lowest BCUT2D eigenvalue weighted by molar-refractivity contribution is -0.186. The van der Waals surface area contributed by atoms with Crippen LogP contribution in [-0.4, -0.2) is 23.5 Å². The van der Waals surface area contributed by atoms with E-state index in [4.69, 9.17) is 11.6 Å². The normalized spacial score (nSPS) is 15.6. The van der Waals surface area contributed by atoms with Crippen LogP contribution in [0.4, 0.5) is 13.2 Å². The number of benzene rings is 1. The van der Waals surface area contributed by atoms with Crippen molar-refractivity contribution in [1.82, 2.24) is 4.90 Å². The van der Waals surface area contributed by atoms with Crippen LogP contribution in [0.5, 0.6) is 0 Å². The Hall–Kier alpha value is -1.23. The van der Waals surface area contributed by atoms with Gasteiger partial charge in [0, 0.05) is 18.1 Å². The molecule has 92 valence electrons. The zero-order valence-electron chi connectivity index (χ0n) is 8.72. The van der Waals surface area contributed by atoms with Gasteiger partial charge < -0.3 is 4.90 Å². The molecule has 1 heterocycles. The van der Waals surface area contributed by atoms with Crippen LogP contribution >= 0.6 is 11.6 Å². The molecule has 0 aliphatic carbocycles. The standard InChI is InChI=1S/C11H9ClF3NO/c12-9-2-1-7-3-4-16(6-8(7)5-9)10(17)11(13,14)15/h1-2,5H,3-4,6H2. The second-order valence-corrected chi connectivity index (χ2v) is 4.32. The van der Waals surface area contributed by atoms with Crippen LogP contribution in [0.2, 0.25) is 5.02 Å². The average molecular weight is 264 g/mol. The second-order valence-electron chi connectivity index (χ2n) is 3.89. The highest BCUT2D eigenvalue weighted by Gasteiger charge is 2.43. The maximum Gasteiger partial charge on any atom is 0.471 e. The van der Waals surface area contributed by atoms with E-state index in [1.807, 2.05) is 0 Å². The van der Waals surface area contributed by atoms with E-state index < -0.39 is 12.1 Å². The van der Waals surface area contributed by atoms with Crippen LogP contribution in [0, 0.1) is 0 Å². The van der Waals surface area contributed by atoms with E-state index in [9.17, 15) is 18.0 Å². The Morgan fingerprint density at radius 3 is 2.65 bits per heavy atom. The molecule has 17 heavy (non-hydrogen) atoms. The molecule has 2 rings (SSSR count). The zero-order chi connectivity index (χ0) is 12.6. The van der Waals surface area contributed by atoms with Crippen molar-refractivity contribution in [2.45, 2.75) is 19.1 Å². The number of amides is 1. The number of nitrogens with zero attached hydrogens (tertiary/aromatic N) is 1.